The van der Waals surface area contributed by atoms with Crippen LogP contribution in [0.5, 0.6) is 0 Å². The topological polar surface area (TPSA) is 278 Å². The highest BCUT2D eigenvalue weighted by Crippen LogP contribution is 2.20. The highest BCUT2D eigenvalue weighted by atomic mass is 16.4. The molecular weight excluding hydrogens is 608 g/mol. The van der Waals surface area contributed by atoms with E-state index in [1.54, 1.807) is 30.3 Å². The first-order valence-corrected chi connectivity index (χ1v) is 14.7. The Hall–Kier alpha value is -4.61. The lowest BCUT2D eigenvalue weighted by molar-refractivity contribution is -0.146. The number of nitrogens with zero attached hydrogens (tertiary/aromatic N) is 1. The van der Waals surface area contributed by atoms with Crippen LogP contribution in [0.1, 0.15) is 45.1 Å². The van der Waals surface area contributed by atoms with Gasteiger partial charge in [-0.15, -0.1) is 0 Å². The number of aliphatic hydroxyl groups excluding tert-OH is 2. The van der Waals surface area contributed by atoms with Crippen LogP contribution < -0.4 is 27.0 Å². The molecule has 0 radical (unpaired) electrons. The van der Waals surface area contributed by atoms with Crippen LogP contribution in [-0.2, 0) is 40.0 Å². The van der Waals surface area contributed by atoms with E-state index < -0.39 is 96.9 Å². The molecule has 5 amide bonds. The van der Waals surface area contributed by atoms with Crippen molar-refractivity contribution in [1.29, 1.82) is 0 Å². The number of nitrogens with two attached hydrogens (primary N) is 1. The molecule has 0 bridgehead atoms. The molecule has 17 nitrogen and oxygen atoms in total. The first-order valence-electron chi connectivity index (χ1n) is 14.7. The molecule has 7 atom stereocenters. The standard InChI is InChI=1S/C29H42N6O11/c1-15(36)23(33-21(38)14-30)27(43)31-18(10-11-22(39)40)28(44)35-12-6-9-20(35)26(42)32-19(13-17-7-4-3-5-8-17)25(41)34-24(16(2)37)29(45)46/h3-5,7-8,15-16,18-20,23-24,36-37H,6,9-14,30H2,1-2H3,(H,31,43)(H,32,42)(H,33,38)(H,34,41)(H,39,40)(H,45,46). The molecule has 1 aliphatic rings. The summed E-state index contributed by atoms with van der Waals surface area (Å²) in [4.78, 5) is 89.2. The van der Waals surface area contributed by atoms with Crippen LogP contribution in [0.25, 0.3) is 0 Å². The number of carbonyl (C=O) groups excluding carboxylic acids is 5. The van der Waals surface area contributed by atoms with Crippen molar-refractivity contribution in [3.05, 3.63) is 35.9 Å². The van der Waals surface area contributed by atoms with Crippen molar-refractivity contribution in [3.63, 3.8) is 0 Å². The largest absolute Gasteiger partial charge is 0.481 e. The van der Waals surface area contributed by atoms with Crippen LogP contribution in [0.15, 0.2) is 30.3 Å². The van der Waals surface area contributed by atoms with Crippen LogP contribution in [0.4, 0.5) is 0 Å². The van der Waals surface area contributed by atoms with Crippen molar-refractivity contribution in [2.45, 2.75) is 88.4 Å². The fourth-order valence-corrected chi connectivity index (χ4v) is 4.90. The Labute approximate surface area is 264 Å². The minimum atomic E-state index is -1.66. The summed E-state index contributed by atoms with van der Waals surface area (Å²) in [6, 6.07) is 1.44. The van der Waals surface area contributed by atoms with Gasteiger partial charge in [-0.25, -0.2) is 4.79 Å². The molecule has 0 saturated carbocycles. The molecule has 10 N–H and O–H groups in total. The molecule has 0 aromatic heterocycles. The molecule has 46 heavy (non-hydrogen) atoms. The van der Waals surface area contributed by atoms with Crippen LogP contribution >= 0.6 is 0 Å². The minimum Gasteiger partial charge on any atom is -0.481 e. The molecular formula is C29H42N6O11. The fraction of sp³-hybridized carbons (Fsp3) is 0.552. The highest BCUT2D eigenvalue weighted by Gasteiger charge is 2.40. The quantitative estimate of drug-likeness (QED) is 0.0808. The number of nitrogens with one attached hydrogen (secondary N) is 4. The maximum Gasteiger partial charge on any atom is 0.328 e. The second kappa shape index (κ2) is 17.8. The van der Waals surface area contributed by atoms with Gasteiger partial charge in [-0.05, 0) is 38.7 Å². The normalized spacial score (nSPS) is 18.2. The van der Waals surface area contributed by atoms with E-state index in [-0.39, 0.29) is 25.8 Å². The van der Waals surface area contributed by atoms with E-state index >= 15 is 0 Å². The average molecular weight is 651 g/mol. The smallest absolute Gasteiger partial charge is 0.328 e. The molecule has 1 saturated heterocycles. The van der Waals surface area contributed by atoms with E-state index in [2.05, 4.69) is 21.3 Å². The number of carbonyl (C=O) groups is 7. The molecule has 254 valence electrons. The molecule has 0 aliphatic carbocycles. The van der Waals surface area contributed by atoms with Crippen LogP contribution in [-0.4, -0.2) is 122 Å². The van der Waals surface area contributed by atoms with E-state index in [0.717, 1.165) is 4.90 Å². The number of carboxylic acid groups (broad SMARTS) is 2. The monoisotopic (exact) mass is 650 g/mol. The second-order valence-corrected chi connectivity index (χ2v) is 11.0. The van der Waals surface area contributed by atoms with Gasteiger partial charge >= 0.3 is 11.9 Å². The first-order chi connectivity index (χ1) is 21.7. The van der Waals surface area contributed by atoms with Gasteiger partial charge in [0.1, 0.15) is 24.2 Å². The predicted octanol–water partition coefficient (Wildman–Crippen LogP) is -3.17. The molecule has 1 aliphatic heterocycles. The summed E-state index contributed by atoms with van der Waals surface area (Å²) in [5.41, 5.74) is 5.89. The summed E-state index contributed by atoms with van der Waals surface area (Å²) >= 11 is 0. The lowest BCUT2D eigenvalue weighted by Gasteiger charge is -2.31. The zero-order valence-electron chi connectivity index (χ0n) is 25.5. The van der Waals surface area contributed by atoms with Crippen LogP contribution in [0.2, 0.25) is 0 Å². The Bertz CT molecular complexity index is 1260. The number of rotatable bonds is 17. The SMILES string of the molecule is CC(O)C(NC(=O)C(Cc1ccccc1)NC(=O)C1CCCN1C(=O)C(CCC(=O)O)NC(=O)C(NC(=O)CN)C(C)O)C(=O)O. The third-order valence-electron chi connectivity index (χ3n) is 7.33. The molecule has 17 heteroatoms. The minimum absolute atomic E-state index is 0.0543. The zero-order chi connectivity index (χ0) is 34.6. The maximum absolute atomic E-state index is 13.7. The van der Waals surface area contributed by atoms with Crippen molar-refractivity contribution in [3.8, 4) is 0 Å². The summed E-state index contributed by atoms with van der Waals surface area (Å²) in [7, 11) is 0. The molecule has 1 aromatic rings. The van der Waals surface area contributed by atoms with E-state index in [1.807, 2.05) is 0 Å². The predicted molar refractivity (Wildman–Crippen MR) is 160 cm³/mol. The average Bonchev–Trinajstić information content (AvgIpc) is 3.49. The number of carboxylic acids is 2. The van der Waals surface area contributed by atoms with Crippen LogP contribution in [0.3, 0.4) is 0 Å². The molecule has 0 spiro atoms. The zero-order valence-corrected chi connectivity index (χ0v) is 25.5. The summed E-state index contributed by atoms with van der Waals surface area (Å²) < 4.78 is 0. The summed E-state index contributed by atoms with van der Waals surface area (Å²) in [6.07, 6.45) is -3.32. The van der Waals surface area contributed by atoms with Gasteiger partial charge in [0.15, 0.2) is 6.04 Å². The summed E-state index contributed by atoms with van der Waals surface area (Å²) in [5, 5.41) is 47.9. The Morgan fingerprint density at radius 2 is 1.50 bits per heavy atom. The van der Waals surface area contributed by atoms with Gasteiger partial charge in [-0.1, -0.05) is 30.3 Å². The van der Waals surface area contributed by atoms with Gasteiger partial charge in [0, 0.05) is 19.4 Å². The van der Waals surface area contributed by atoms with Crippen molar-refractivity contribution >= 4 is 41.5 Å². The lowest BCUT2D eigenvalue weighted by atomic mass is 10.0. The Kier molecular flexibility index (Phi) is 14.5. The highest BCUT2D eigenvalue weighted by molar-refractivity contribution is 5.96. The fourth-order valence-electron chi connectivity index (χ4n) is 4.90. The van der Waals surface area contributed by atoms with Gasteiger partial charge in [-0.3, -0.25) is 28.8 Å². The van der Waals surface area contributed by atoms with E-state index in [9.17, 15) is 54.0 Å². The number of aliphatic hydroxyl groups is 2. The Morgan fingerprint density at radius 3 is 2.04 bits per heavy atom. The number of aliphatic carboxylic acids is 2. The molecule has 7 unspecified atom stereocenters. The van der Waals surface area contributed by atoms with Gasteiger partial charge in [0.05, 0.1) is 18.8 Å². The van der Waals surface area contributed by atoms with Crippen molar-refractivity contribution in [1.82, 2.24) is 26.2 Å². The van der Waals surface area contributed by atoms with Crippen molar-refractivity contribution in [2.75, 3.05) is 13.1 Å². The summed E-state index contributed by atoms with van der Waals surface area (Å²) in [5.74, 6) is -6.95. The summed E-state index contributed by atoms with van der Waals surface area (Å²) in [6.45, 7) is 1.97. The third-order valence-corrected chi connectivity index (χ3v) is 7.33. The molecule has 2 rings (SSSR count). The van der Waals surface area contributed by atoms with Gasteiger partial charge < -0.3 is 52.3 Å². The second-order valence-electron chi connectivity index (χ2n) is 11.0. The van der Waals surface area contributed by atoms with Gasteiger partial charge in [0.25, 0.3) is 0 Å². The molecule has 1 aromatic carbocycles. The molecule has 1 heterocycles. The number of benzene rings is 1. The van der Waals surface area contributed by atoms with E-state index in [0.29, 0.717) is 12.0 Å². The first kappa shape index (κ1) is 37.6. The third kappa shape index (κ3) is 11.1. The Balaban J connectivity index is 2.30. The lowest BCUT2D eigenvalue weighted by Crippen LogP contribution is -2.60. The molecule has 1 fully saturated rings. The van der Waals surface area contributed by atoms with E-state index in [4.69, 9.17) is 5.73 Å². The number of hydrogen-bond donors (Lipinski definition) is 9. The number of likely N-dealkylation sites (tertiary alicyclic amines) is 1. The van der Waals surface area contributed by atoms with Crippen molar-refractivity contribution in [2.24, 2.45) is 5.73 Å². The maximum atomic E-state index is 13.7. The van der Waals surface area contributed by atoms with Crippen molar-refractivity contribution < 1.29 is 54.0 Å². The number of hydrogen-bond acceptors (Lipinski definition) is 10. The van der Waals surface area contributed by atoms with Gasteiger partial charge in [0.2, 0.25) is 29.5 Å². The van der Waals surface area contributed by atoms with Gasteiger partial charge in [-0.2, -0.15) is 0 Å². The van der Waals surface area contributed by atoms with Crippen LogP contribution in [0, 0.1) is 0 Å². The van der Waals surface area contributed by atoms with E-state index in [1.165, 1.54) is 13.8 Å². The Morgan fingerprint density at radius 1 is 0.870 bits per heavy atom. The number of amides is 5.